The SMILES string of the molecule is C=C(/N=C\C)N/C=C(/C)C1(F)CC1. The largest absolute Gasteiger partial charge is 0.347 e. The van der Waals surface area contributed by atoms with Crippen LogP contribution >= 0.6 is 0 Å². The van der Waals surface area contributed by atoms with Gasteiger partial charge in [-0.1, -0.05) is 6.58 Å². The molecule has 0 atom stereocenters. The number of hydrogen-bond donors (Lipinski definition) is 1. The third-order valence-electron chi connectivity index (χ3n) is 2.14. The summed E-state index contributed by atoms with van der Waals surface area (Å²) in [7, 11) is 0. The van der Waals surface area contributed by atoms with Crippen molar-refractivity contribution in [2.45, 2.75) is 32.4 Å². The van der Waals surface area contributed by atoms with Gasteiger partial charge in [0.2, 0.25) is 0 Å². The van der Waals surface area contributed by atoms with Crippen LogP contribution < -0.4 is 5.32 Å². The fourth-order valence-electron chi connectivity index (χ4n) is 1.02. The molecule has 0 saturated heterocycles. The fraction of sp³-hybridized carbons (Fsp3) is 0.500. The Morgan fingerprint density at radius 1 is 1.62 bits per heavy atom. The number of nitrogens with one attached hydrogen (secondary N) is 1. The first kappa shape index (κ1) is 9.96. The van der Waals surface area contributed by atoms with E-state index in [1.165, 1.54) is 0 Å². The molecule has 0 aromatic carbocycles. The van der Waals surface area contributed by atoms with Gasteiger partial charge in [0, 0.05) is 12.4 Å². The van der Waals surface area contributed by atoms with Crippen LogP contribution in [0.15, 0.2) is 29.2 Å². The fourth-order valence-corrected chi connectivity index (χ4v) is 1.02. The lowest BCUT2D eigenvalue weighted by Gasteiger charge is -2.05. The van der Waals surface area contributed by atoms with Crippen LogP contribution in [0.4, 0.5) is 4.39 Å². The molecule has 1 rings (SSSR count). The van der Waals surface area contributed by atoms with Gasteiger partial charge < -0.3 is 5.32 Å². The van der Waals surface area contributed by atoms with Crippen molar-refractivity contribution in [3.63, 3.8) is 0 Å². The molecule has 0 aliphatic heterocycles. The van der Waals surface area contributed by atoms with Gasteiger partial charge in [-0.2, -0.15) is 0 Å². The van der Waals surface area contributed by atoms with E-state index in [0.29, 0.717) is 18.7 Å². The van der Waals surface area contributed by atoms with Crippen LogP contribution in [-0.2, 0) is 0 Å². The molecular formula is C10H15FN2. The molecule has 1 aliphatic rings. The van der Waals surface area contributed by atoms with E-state index < -0.39 is 5.67 Å². The first-order chi connectivity index (χ1) is 6.08. The predicted molar refractivity (Wildman–Crippen MR) is 53.3 cm³/mol. The van der Waals surface area contributed by atoms with Crippen molar-refractivity contribution in [2.24, 2.45) is 4.99 Å². The highest BCUT2D eigenvalue weighted by atomic mass is 19.1. The molecule has 0 spiro atoms. The predicted octanol–water partition coefficient (Wildman–Crippen LogP) is 2.54. The van der Waals surface area contributed by atoms with Gasteiger partial charge >= 0.3 is 0 Å². The molecule has 0 aromatic heterocycles. The number of alkyl halides is 1. The van der Waals surface area contributed by atoms with Crippen molar-refractivity contribution in [1.29, 1.82) is 0 Å². The molecule has 1 N–H and O–H groups in total. The molecule has 0 unspecified atom stereocenters. The number of nitrogens with zero attached hydrogens (tertiary/aromatic N) is 1. The molecule has 0 radical (unpaired) electrons. The highest BCUT2D eigenvalue weighted by Gasteiger charge is 2.44. The molecule has 1 fully saturated rings. The Hall–Kier alpha value is -1.12. The smallest absolute Gasteiger partial charge is 0.133 e. The van der Waals surface area contributed by atoms with Gasteiger partial charge in [0.15, 0.2) is 0 Å². The minimum Gasteiger partial charge on any atom is -0.347 e. The maximum atomic E-state index is 13.4. The number of halogens is 1. The van der Waals surface area contributed by atoms with E-state index in [4.69, 9.17) is 0 Å². The Morgan fingerprint density at radius 3 is 2.69 bits per heavy atom. The Balaban J connectivity index is 2.43. The lowest BCUT2D eigenvalue weighted by atomic mass is 10.2. The third-order valence-corrected chi connectivity index (χ3v) is 2.14. The van der Waals surface area contributed by atoms with Crippen LogP contribution in [0.1, 0.15) is 26.7 Å². The average Bonchev–Trinajstić information content (AvgIpc) is 2.81. The van der Waals surface area contributed by atoms with Crippen LogP contribution in [0.5, 0.6) is 0 Å². The van der Waals surface area contributed by atoms with Crippen LogP contribution in [0.25, 0.3) is 0 Å². The zero-order valence-electron chi connectivity index (χ0n) is 8.10. The van der Waals surface area contributed by atoms with Crippen LogP contribution in [0.2, 0.25) is 0 Å². The summed E-state index contributed by atoms with van der Waals surface area (Å²) < 4.78 is 13.4. The monoisotopic (exact) mass is 182 g/mol. The minimum atomic E-state index is -1.05. The zero-order chi connectivity index (χ0) is 9.90. The maximum absolute atomic E-state index is 13.4. The van der Waals surface area contributed by atoms with Crippen molar-refractivity contribution in [3.05, 3.63) is 24.2 Å². The summed E-state index contributed by atoms with van der Waals surface area (Å²) in [6, 6.07) is 0. The number of hydrogen-bond acceptors (Lipinski definition) is 2. The zero-order valence-corrected chi connectivity index (χ0v) is 8.10. The Kier molecular flexibility index (Phi) is 2.86. The second kappa shape index (κ2) is 3.73. The molecule has 0 bridgehead atoms. The lowest BCUT2D eigenvalue weighted by Crippen LogP contribution is -2.08. The van der Waals surface area contributed by atoms with E-state index in [1.807, 2.05) is 0 Å². The average molecular weight is 182 g/mol. The summed E-state index contributed by atoms with van der Waals surface area (Å²) >= 11 is 0. The van der Waals surface area contributed by atoms with Crippen molar-refractivity contribution in [3.8, 4) is 0 Å². The topological polar surface area (TPSA) is 24.4 Å². The summed E-state index contributed by atoms with van der Waals surface area (Å²) in [5, 5.41) is 2.84. The van der Waals surface area contributed by atoms with Gasteiger partial charge in [-0.3, -0.25) is 0 Å². The number of aliphatic imine (C=N–C) groups is 1. The van der Waals surface area contributed by atoms with Crippen molar-refractivity contribution in [2.75, 3.05) is 0 Å². The van der Waals surface area contributed by atoms with Crippen LogP contribution in [0, 0.1) is 0 Å². The summed E-state index contributed by atoms with van der Waals surface area (Å²) in [5.74, 6) is 0.533. The Labute approximate surface area is 78.2 Å². The first-order valence-corrected chi connectivity index (χ1v) is 4.39. The molecule has 2 nitrogen and oxygen atoms in total. The third kappa shape index (κ3) is 2.68. The van der Waals surface area contributed by atoms with E-state index in [0.717, 1.165) is 5.57 Å². The Morgan fingerprint density at radius 2 is 2.23 bits per heavy atom. The highest BCUT2D eigenvalue weighted by molar-refractivity contribution is 5.54. The number of rotatable bonds is 4. The molecule has 72 valence electrons. The van der Waals surface area contributed by atoms with Gasteiger partial charge in [-0.15, -0.1) is 0 Å². The van der Waals surface area contributed by atoms with Crippen LogP contribution in [-0.4, -0.2) is 11.9 Å². The van der Waals surface area contributed by atoms with E-state index >= 15 is 0 Å². The minimum absolute atomic E-state index is 0.533. The number of allylic oxidation sites excluding steroid dienone is 1. The second-order valence-corrected chi connectivity index (χ2v) is 3.27. The van der Waals surface area contributed by atoms with Gasteiger partial charge in [-0.25, -0.2) is 9.38 Å². The normalized spacial score (nSPS) is 20.4. The van der Waals surface area contributed by atoms with Gasteiger partial charge in [-0.05, 0) is 32.3 Å². The van der Waals surface area contributed by atoms with Crippen LogP contribution in [0.3, 0.4) is 0 Å². The van der Waals surface area contributed by atoms with Gasteiger partial charge in [0.25, 0.3) is 0 Å². The molecule has 13 heavy (non-hydrogen) atoms. The van der Waals surface area contributed by atoms with E-state index in [1.54, 1.807) is 26.3 Å². The Bertz CT molecular complexity index is 262. The summed E-state index contributed by atoms with van der Waals surface area (Å²) in [4.78, 5) is 3.90. The van der Waals surface area contributed by atoms with Gasteiger partial charge in [0.05, 0.1) is 0 Å². The summed E-state index contributed by atoms with van der Waals surface area (Å²) in [5.41, 5.74) is -0.330. The maximum Gasteiger partial charge on any atom is 0.133 e. The second-order valence-electron chi connectivity index (χ2n) is 3.27. The molecule has 3 heteroatoms. The molecule has 0 aromatic rings. The van der Waals surface area contributed by atoms with Crippen molar-refractivity contribution >= 4 is 6.21 Å². The van der Waals surface area contributed by atoms with E-state index in [9.17, 15) is 4.39 Å². The summed E-state index contributed by atoms with van der Waals surface area (Å²) in [6.45, 7) is 7.23. The molecular weight excluding hydrogens is 167 g/mol. The quantitative estimate of drug-likeness (QED) is 0.664. The lowest BCUT2D eigenvalue weighted by molar-refractivity contribution is 0.359. The standard InChI is InChI=1S/C10H15FN2/c1-4-12-9(3)13-7-8(2)10(11)5-6-10/h4,7,13H,3,5-6H2,1-2H3/b8-7-,12-4-. The van der Waals surface area contributed by atoms with Crippen molar-refractivity contribution in [1.82, 2.24) is 5.32 Å². The highest BCUT2D eigenvalue weighted by Crippen LogP contribution is 2.45. The first-order valence-electron chi connectivity index (χ1n) is 4.39. The molecule has 1 saturated carbocycles. The van der Waals surface area contributed by atoms with Crippen molar-refractivity contribution < 1.29 is 4.39 Å². The van der Waals surface area contributed by atoms with E-state index in [2.05, 4.69) is 16.9 Å². The molecule has 1 aliphatic carbocycles. The van der Waals surface area contributed by atoms with Gasteiger partial charge in [0.1, 0.15) is 11.5 Å². The molecule has 0 amide bonds. The molecule has 0 heterocycles. The summed E-state index contributed by atoms with van der Waals surface area (Å²) in [6.07, 6.45) is 4.56. The van der Waals surface area contributed by atoms with E-state index in [-0.39, 0.29) is 0 Å².